The van der Waals surface area contributed by atoms with Crippen LogP contribution in [0.5, 0.6) is 11.5 Å². The van der Waals surface area contributed by atoms with Crippen molar-refractivity contribution in [2.75, 3.05) is 39.8 Å². The summed E-state index contributed by atoms with van der Waals surface area (Å²) in [7, 11) is 1.65. The number of rotatable bonds is 5. The van der Waals surface area contributed by atoms with Gasteiger partial charge in [0, 0.05) is 43.8 Å². The van der Waals surface area contributed by atoms with Crippen LogP contribution in [-0.4, -0.2) is 66.2 Å². The first-order valence-corrected chi connectivity index (χ1v) is 9.79. The largest absolute Gasteiger partial charge is 0.508 e. The van der Waals surface area contributed by atoms with Gasteiger partial charge in [0.25, 0.3) is 0 Å². The maximum Gasteiger partial charge on any atom is 0.234 e. The summed E-state index contributed by atoms with van der Waals surface area (Å²) >= 11 is 0. The first-order valence-electron chi connectivity index (χ1n) is 9.79. The molecule has 1 aliphatic rings. The van der Waals surface area contributed by atoms with E-state index in [-0.39, 0.29) is 11.4 Å². The molecule has 1 heterocycles. The number of methoxy groups -OCH3 is 1. The van der Waals surface area contributed by atoms with Gasteiger partial charge in [-0.3, -0.25) is 14.6 Å². The fraction of sp³-hybridized carbons (Fsp3) is 0.500. The van der Waals surface area contributed by atoms with Crippen molar-refractivity contribution < 1.29 is 14.6 Å². The topological polar surface area (TPSA) is 65.0 Å². The highest BCUT2D eigenvalue weighted by Crippen LogP contribution is 2.31. The monoisotopic (exact) mass is 385 g/mol. The molecule has 3 rings (SSSR count). The molecular formula is C22H31N3O3. The fourth-order valence-corrected chi connectivity index (χ4v) is 3.63. The predicted molar refractivity (Wildman–Crippen MR) is 112 cm³/mol. The number of nitrogens with one attached hydrogen (secondary N) is 1. The highest BCUT2D eigenvalue weighted by molar-refractivity contribution is 5.89. The van der Waals surface area contributed by atoms with Gasteiger partial charge < -0.3 is 15.2 Å². The summed E-state index contributed by atoms with van der Waals surface area (Å²) in [5.74, 6) is 1.17. The summed E-state index contributed by atoms with van der Waals surface area (Å²) in [4.78, 5) is 16.6. The Hall–Kier alpha value is -2.31. The molecule has 1 fully saturated rings. The molecule has 0 aliphatic carbocycles. The highest BCUT2D eigenvalue weighted by Gasteiger charge is 2.22. The van der Waals surface area contributed by atoms with Crippen LogP contribution in [0.25, 0.3) is 10.8 Å². The molecule has 28 heavy (non-hydrogen) atoms. The van der Waals surface area contributed by atoms with Gasteiger partial charge in [0.1, 0.15) is 11.5 Å². The number of phenols is 1. The van der Waals surface area contributed by atoms with E-state index in [1.165, 1.54) is 0 Å². The number of fused-ring (bicyclic) bond motifs is 1. The Balaban J connectivity index is 1.63. The van der Waals surface area contributed by atoms with Crippen molar-refractivity contribution in [2.45, 2.75) is 32.9 Å². The number of phenolic OH excluding ortho intramolecular Hbond substituents is 1. The molecule has 1 aliphatic heterocycles. The Kier molecular flexibility index (Phi) is 6.10. The summed E-state index contributed by atoms with van der Waals surface area (Å²) < 4.78 is 5.35. The van der Waals surface area contributed by atoms with Gasteiger partial charge in [-0.2, -0.15) is 0 Å². The summed E-state index contributed by atoms with van der Waals surface area (Å²) in [5.41, 5.74) is 0.724. The van der Waals surface area contributed by atoms with Gasteiger partial charge in [-0.25, -0.2) is 0 Å². The molecule has 0 bridgehead atoms. The molecule has 1 amide bonds. The first-order chi connectivity index (χ1) is 13.2. The van der Waals surface area contributed by atoms with Crippen molar-refractivity contribution in [3.05, 3.63) is 35.9 Å². The lowest BCUT2D eigenvalue weighted by Gasteiger charge is -2.35. The molecule has 1 saturated heterocycles. The molecule has 6 heteroatoms. The predicted octanol–water partition coefficient (Wildman–Crippen LogP) is 2.59. The summed E-state index contributed by atoms with van der Waals surface area (Å²) in [5, 5.41) is 15.6. The molecule has 2 aromatic carbocycles. The SMILES string of the molecule is COc1ccc2ccc(O)c(CN3CCN(CC(=O)NC(C)(C)C)CC3)c2c1. The summed E-state index contributed by atoms with van der Waals surface area (Å²) in [6.07, 6.45) is 0. The molecule has 2 aromatic rings. The maximum absolute atomic E-state index is 12.1. The van der Waals surface area contributed by atoms with Crippen LogP contribution in [0.1, 0.15) is 26.3 Å². The lowest BCUT2D eigenvalue weighted by Crippen LogP contribution is -2.51. The first kappa shape index (κ1) is 20.4. The van der Waals surface area contributed by atoms with E-state index in [1.54, 1.807) is 13.2 Å². The molecule has 0 saturated carbocycles. The number of piperazine rings is 1. The number of hydrogen-bond donors (Lipinski definition) is 2. The van der Waals surface area contributed by atoms with Gasteiger partial charge in [-0.05, 0) is 49.7 Å². The minimum absolute atomic E-state index is 0.0692. The smallest absolute Gasteiger partial charge is 0.234 e. The minimum atomic E-state index is -0.203. The van der Waals surface area contributed by atoms with Gasteiger partial charge in [0.2, 0.25) is 5.91 Å². The third-order valence-electron chi connectivity index (χ3n) is 5.04. The van der Waals surface area contributed by atoms with Gasteiger partial charge in [-0.1, -0.05) is 12.1 Å². The van der Waals surface area contributed by atoms with Crippen molar-refractivity contribution in [1.82, 2.24) is 15.1 Å². The van der Waals surface area contributed by atoms with Gasteiger partial charge in [0.15, 0.2) is 0 Å². The average Bonchev–Trinajstić information content (AvgIpc) is 2.63. The quantitative estimate of drug-likeness (QED) is 0.828. The molecule has 0 atom stereocenters. The molecule has 0 spiro atoms. The molecule has 2 N–H and O–H groups in total. The van der Waals surface area contributed by atoms with E-state index in [2.05, 4.69) is 15.1 Å². The van der Waals surface area contributed by atoms with E-state index in [1.807, 2.05) is 45.0 Å². The van der Waals surface area contributed by atoms with Crippen LogP contribution < -0.4 is 10.1 Å². The Bertz CT molecular complexity index is 837. The van der Waals surface area contributed by atoms with Crippen LogP contribution in [0.3, 0.4) is 0 Å². The Morgan fingerprint density at radius 2 is 1.75 bits per heavy atom. The zero-order valence-electron chi connectivity index (χ0n) is 17.3. The second kappa shape index (κ2) is 8.37. The molecule has 0 unspecified atom stereocenters. The van der Waals surface area contributed by atoms with E-state index in [4.69, 9.17) is 4.74 Å². The lowest BCUT2D eigenvalue weighted by atomic mass is 10.0. The number of carbonyl (C=O) groups excluding carboxylic acids is 1. The number of amides is 1. The van der Waals surface area contributed by atoms with Crippen LogP contribution in [-0.2, 0) is 11.3 Å². The second-order valence-corrected chi connectivity index (χ2v) is 8.50. The Morgan fingerprint density at radius 3 is 2.39 bits per heavy atom. The molecule has 6 nitrogen and oxygen atoms in total. The number of aromatic hydroxyl groups is 1. The van der Waals surface area contributed by atoms with Crippen LogP contribution >= 0.6 is 0 Å². The fourth-order valence-electron chi connectivity index (χ4n) is 3.63. The zero-order chi connectivity index (χ0) is 20.3. The number of nitrogens with zero attached hydrogens (tertiary/aromatic N) is 2. The van der Waals surface area contributed by atoms with Crippen LogP contribution in [0.4, 0.5) is 0 Å². The third kappa shape index (κ3) is 5.14. The molecule has 152 valence electrons. The van der Waals surface area contributed by atoms with Crippen LogP contribution in [0, 0.1) is 0 Å². The van der Waals surface area contributed by atoms with Crippen LogP contribution in [0.2, 0.25) is 0 Å². The van der Waals surface area contributed by atoms with Gasteiger partial charge >= 0.3 is 0 Å². The molecular weight excluding hydrogens is 354 g/mol. The Morgan fingerprint density at radius 1 is 1.11 bits per heavy atom. The standard InChI is InChI=1S/C22H31N3O3/c1-22(2,3)23-21(27)15-25-11-9-24(10-12-25)14-19-18-13-17(28-4)7-5-16(18)6-8-20(19)26/h5-8,13,26H,9-12,14-15H2,1-4H3,(H,23,27). The minimum Gasteiger partial charge on any atom is -0.508 e. The van der Waals surface area contributed by atoms with Crippen molar-refractivity contribution in [3.8, 4) is 11.5 Å². The van der Waals surface area contributed by atoms with Crippen molar-refractivity contribution in [1.29, 1.82) is 0 Å². The number of hydrogen-bond acceptors (Lipinski definition) is 5. The zero-order valence-corrected chi connectivity index (χ0v) is 17.3. The number of benzene rings is 2. The van der Waals surface area contributed by atoms with Gasteiger partial charge in [-0.15, -0.1) is 0 Å². The van der Waals surface area contributed by atoms with E-state index < -0.39 is 0 Å². The van der Waals surface area contributed by atoms with Crippen molar-refractivity contribution >= 4 is 16.7 Å². The number of ether oxygens (including phenoxy) is 1. The lowest BCUT2D eigenvalue weighted by molar-refractivity contribution is -0.124. The molecule has 0 radical (unpaired) electrons. The third-order valence-corrected chi connectivity index (χ3v) is 5.04. The molecule has 0 aromatic heterocycles. The van der Waals surface area contributed by atoms with E-state index >= 15 is 0 Å². The van der Waals surface area contributed by atoms with Crippen LogP contribution in [0.15, 0.2) is 30.3 Å². The average molecular weight is 386 g/mol. The summed E-state index contributed by atoms with van der Waals surface area (Å²) in [6.45, 7) is 10.5. The van der Waals surface area contributed by atoms with E-state index in [0.717, 1.165) is 48.3 Å². The number of carbonyl (C=O) groups is 1. The maximum atomic E-state index is 12.1. The summed E-state index contributed by atoms with van der Waals surface area (Å²) in [6, 6.07) is 9.63. The van der Waals surface area contributed by atoms with Gasteiger partial charge in [0.05, 0.1) is 13.7 Å². The van der Waals surface area contributed by atoms with E-state index in [9.17, 15) is 9.90 Å². The normalized spacial score (nSPS) is 16.3. The Labute approximate surface area is 167 Å². The van der Waals surface area contributed by atoms with Crippen molar-refractivity contribution in [3.63, 3.8) is 0 Å². The second-order valence-electron chi connectivity index (χ2n) is 8.50. The highest BCUT2D eigenvalue weighted by atomic mass is 16.5. The van der Waals surface area contributed by atoms with E-state index in [0.29, 0.717) is 18.8 Å². The van der Waals surface area contributed by atoms with Crippen molar-refractivity contribution in [2.24, 2.45) is 0 Å².